The van der Waals surface area contributed by atoms with E-state index < -0.39 is 5.97 Å². The van der Waals surface area contributed by atoms with Crippen LogP contribution in [0.4, 0.5) is 4.39 Å². The first-order valence-electron chi connectivity index (χ1n) is 8.12. The fourth-order valence-corrected chi connectivity index (χ4v) is 2.70. The Hall–Kier alpha value is -2.81. The van der Waals surface area contributed by atoms with Gasteiger partial charge in [-0.05, 0) is 35.9 Å². The van der Waals surface area contributed by atoms with Gasteiger partial charge in [0.2, 0.25) is 0 Å². The van der Waals surface area contributed by atoms with Crippen LogP contribution in [0.3, 0.4) is 0 Å². The van der Waals surface area contributed by atoms with Crippen molar-refractivity contribution in [2.24, 2.45) is 0 Å². The Balaban J connectivity index is 0.000000269. The number of phenols is 1. The number of halogens is 1. The number of ether oxygens (including phenoxy) is 1. The van der Waals surface area contributed by atoms with Crippen LogP contribution in [0, 0.1) is 17.0 Å². The van der Waals surface area contributed by atoms with Crippen LogP contribution < -0.4 is 0 Å². The molecule has 1 N–H and O–H groups in total. The highest BCUT2D eigenvalue weighted by atomic mass is 19.1. The van der Waals surface area contributed by atoms with Crippen LogP contribution in [0.1, 0.15) is 23.2 Å². The van der Waals surface area contributed by atoms with Gasteiger partial charge in [0.05, 0.1) is 12.7 Å². The zero-order valence-corrected chi connectivity index (χ0v) is 14.0. The number of hydrogen-bond donors (Lipinski definition) is 1. The Morgan fingerprint density at radius 2 is 1.84 bits per heavy atom. The molecule has 0 unspecified atom stereocenters. The molecule has 3 rings (SSSR count). The van der Waals surface area contributed by atoms with Crippen molar-refractivity contribution in [3.63, 3.8) is 0 Å². The third kappa shape index (κ3) is 5.08. The van der Waals surface area contributed by atoms with Crippen molar-refractivity contribution >= 4 is 12.7 Å². The van der Waals surface area contributed by atoms with E-state index in [1.54, 1.807) is 0 Å². The van der Waals surface area contributed by atoms with E-state index in [0.717, 1.165) is 12.6 Å². The summed E-state index contributed by atoms with van der Waals surface area (Å²) in [4.78, 5) is 11.4. The van der Waals surface area contributed by atoms with Crippen LogP contribution in [-0.2, 0) is 4.74 Å². The summed E-state index contributed by atoms with van der Waals surface area (Å²) in [5.74, 6) is 1.44. The van der Waals surface area contributed by atoms with E-state index in [-0.39, 0.29) is 11.6 Å². The minimum Gasteiger partial charge on any atom is -0.507 e. The van der Waals surface area contributed by atoms with Crippen molar-refractivity contribution in [2.75, 3.05) is 7.11 Å². The first-order valence-corrected chi connectivity index (χ1v) is 8.12. The van der Waals surface area contributed by atoms with Gasteiger partial charge in [-0.2, -0.15) is 0 Å². The number of carbonyl (C=O) groups excluding carboxylic acids is 1. The van der Waals surface area contributed by atoms with Crippen LogP contribution in [0.25, 0.3) is 11.1 Å². The molecule has 6 heteroatoms. The molecule has 0 atom stereocenters. The summed E-state index contributed by atoms with van der Waals surface area (Å²) in [6.45, 7) is 0.403. The van der Waals surface area contributed by atoms with E-state index in [0.29, 0.717) is 23.4 Å². The molecule has 1 saturated heterocycles. The summed E-state index contributed by atoms with van der Waals surface area (Å²) in [7, 11) is 1.28. The normalized spacial score (nSPS) is 12.8. The molecule has 25 heavy (non-hydrogen) atoms. The highest BCUT2D eigenvalue weighted by Gasteiger charge is 2.17. The maximum absolute atomic E-state index is 12.8. The molecule has 0 aliphatic carbocycles. The Morgan fingerprint density at radius 3 is 2.36 bits per heavy atom. The van der Waals surface area contributed by atoms with Gasteiger partial charge in [0.25, 0.3) is 6.71 Å². The van der Waals surface area contributed by atoms with E-state index in [1.807, 2.05) is 0 Å². The minimum absolute atomic E-state index is 0.0225. The lowest BCUT2D eigenvalue weighted by molar-refractivity contribution is 0.0601. The fourth-order valence-electron chi connectivity index (χ4n) is 2.70. The largest absolute Gasteiger partial charge is 0.507 e. The predicted octanol–water partition coefficient (Wildman–Crippen LogP) is 4.32. The van der Waals surface area contributed by atoms with E-state index >= 15 is 0 Å². The summed E-state index contributed by atoms with van der Waals surface area (Å²) in [6, 6.07) is 10.0. The molecule has 0 bridgehead atoms. The number of hydrogen-bond acceptors (Lipinski definition) is 4. The third-order valence-electron chi connectivity index (χ3n) is 4.11. The van der Waals surface area contributed by atoms with Crippen molar-refractivity contribution in [2.45, 2.75) is 25.5 Å². The highest BCUT2D eigenvalue weighted by molar-refractivity contribution is 6.67. The molecule has 1 aliphatic heterocycles. The molecule has 1 aliphatic rings. The summed E-state index contributed by atoms with van der Waals surface area (Å²) in [5.41, 5.74) is 1.41. The van der Waals surface area contributed by atoms with E-state index in [9.17, 15) is 14.3 Å². The average molecular weight is 339 g/mol. The first kappa shape index (κ1) is 18.5. The number of aromatic hydroxyl groups is 1. The van der Waals surface area contributed by atoms with Gasteiger partial charge in [0, 0.05) is 11.5 Å². The number of esters is 1. The monoisotopic (exact) mass is 339 g/mol. The van der Waals surface area contributed by atoms with Gasteiger partial charge < -0.3 is 9.84 Å². The first-order chi connectivity index (χ1) is 12.0. The van der Waals surface area contributed by atoms with Gasteiger partial charge in [-0.1, -0.05) is 37.6 Å². The third-order valence-corrected chi connectivity index (χ3v) is 4.11. The molecular formula is C19H19BFNO3. The molecule has 0 saturated carbocycles. The number of benzene rings is 2. The Morgan fingerprint density at radius 1 is 1.20 bits per heavy atom. The van der Waals surface area contributed by atoms with E-state index in [4.69, 9.17) is 5.26 Å². The topological polar surface area (TPSA) is 70.3 Å². The van der Waals surface area contributed by atoms with E-state index in [1.165, 1.54) is 62.4 Å². The summed E-state index contributed by atoms with van der Waals surface area (Å²) < 4.78 is 17.4. The fraction of sp³-hybridized carbons (Fsp3) is 0.263. The second-order valence-corrected chi connectivity index (χ2v) is 5.84. The molecule has 1 heterocycles. The summed E-state index contributed by atoms with van der Waals surface area (Å²) in [6.07, 6.45) is 4.85. The van der Waals surface area contributed by atoms with Crippen LogP contribution in [0.15, 0.2) is 42.5 Å². The van der Waals surface area contributed by atoms with Crippen molar-refractivity contribution in [1.29, 1.82) is 5.26 Å². The lowest BCUT2D eigenvalue weighted by Gasteiger charge is -2.07. The van der Waals surface area contributed by atoms with E-state index in [2.05, 4.69) is 10.7 Å². The molecule has 128 valence electrons. The lowest BCUT2D eigenvalue weighted by atomic mass is 9.50. The van der Waals surface area contributed by atoms with Crippen molar-refractivity contribution in [3.05, 3.63) is 53.8 Å². The predicted molar refractivity (Wildman–Crippen MR) is 95.1 cm³/mol. The van der Waals surface area contributed by atoms with Crippen LogP contribution in [-0.4, -0.2) is 24.9 Å². The Bertz CT molecular complexity index is 765. The molecule has 4 nitrogen and oxygen atoms in total. The number of phenolic OH excluding ortho intramolecular Hbond substituents is 1. The van der Waals surface area contributed by atoms with Gasteiger partial charge in [0.15, 0.2) is 0 Å². The summed E-state index contributed by atoms with van der Waals surface area (Å²) in [5, 5.41) is 18.1. The molecule has 1 fully saturated rings. The Labute approximate surface area is 146 Å². The average Bonchev–Trinajstić information content (AvgIpc) is 3.17. The number of nitriles is 1. The van der Waals surface area contributed by atoms with Gasteiger partial charge in [-0.25, -0.2) is 14.4 Å². The highest BCUT2D eigenvalue weighted by Crippen LogP contribution is 2.30. The zero-order chi connectivity index (χ0) is 18.2. The maximum Gasteiger partial charge on any atom is 0.337 e. The number of carbonyl (C=O) groups is 1. The van der Waals surface area contributed by atoms with Crippen molar-refractivity contribution < 1.29 is 19.0 Å². The molecule has 0 amide bonds. The van der Waals surface area contributed by atoms with Crippen molar-refractivity contribution in [3.8, 4) is 22.8 Å². The van der Waals surface area contributed by atoms with Crippen LogP contribution in [0.2, 0.25) is 12.6 Å². The molecule has 0 aromatic heterocycles. The SMILES string of the molecule is COC(=O)c1ccc(O)c(-c2ccc(F)cc2)c1.N#CB1CCCC1. The summed E-state index contributed by atoms with van der Waals surface area (Å²) >= 11 is 0. The Kier molecular flexibility index (Phi) is 6.58. The molecule has 0 spiro atoms. The molecule has 2 aromatic carbocycles. The minimum atomic E-state index is -0.488. The van der Waals surface area contributed by atoms with Gasteiger partial charge in [0.1, 0.15) is 11.6 Å². The quantitative estimate of drug-likeness (QED) is 0.653. The number of nitrogens with zero attached hydrogens (tertiary/aromatic N) is 1. The number of methoxy groups -OCH3 is 1. The van der Waals surface area contributed by atoms with Gasteiger partial charge >= 0.3 is 5.97 Å². The smallest absolute Gasteiger partial charge is 0.337 e. The molecule has 0 radical (unpaired) electrons. The van der Waals surface area contributed by atoms with Gasteiger partial charge in [-0.15, -0.1) is 0 Å². The maximum atomic E-state index is 12.8. The molecular weight excluding hydrogens is 320 g/mol. The van der Waals surface area contributed by atoms with Crippen LogP contribution >= 0.6 is 0 Å². The second-order valence-electron chi connectivity index (χ2n) is 5.84. The van der Waals surface area contributed by atoms with Crippen molar-refractivity contribution in [1.82, 2.24) is 0 Å². The second kappa shape index (κ2) is 8.88. The van der Waals surface area contributed by atoms with Gasteiger partial charge in [-0.3, -0.25) is 0 Å². The molecule has 2 aromatic rings. The standard InChI is InChI=1S/C14H11FO3.C5H8BN/c1-18-14(17)10-4-7-13(16)12(8-10)9-2-5-11(15)6-3-9;7-5-6-3-1-2-4-6/h2-8,16H,1H3;1-4H2. The lowest BCUT2D eigenvalue weighted by Crippen LogP contribution is -2.00. The zero-order valence-electron chi connectivity index (χ0n) is 14.0. The number of rotatable bonds is 2. The van der Waals surface area contributed by atoms with Crippen LogP contribution in [0.5, 0.6) is 5.75 Å².